The van der Waals surface area contributed by atoms with Gasteiger partial charge in [-0.3, -0.25) is 0 Å². The van der Waals surface area contributed by atoms with Crippen LogP contribution in [0.25, 0.3) is 11.1 Å². The second-order valence-corrected chi connectivity index (χ2v) is 9.30. The van der Waals surface area contributed by atoms with Crippen molar-refractivity contribution in [2.75, 3.05) is 12.4 Å². The third-order valence-electron chi connectivity index (χ3n) is 5.41. The number of alkyl halides is 2. The van der Waals surface area contributed by atoms with Crippen molar-refractivity contribution in [1.29, 1.82) is 0 Å². The van der Waals surface area contributed by atoms with Crippen LogP contribution in [0.1, 0.15) is 78.1 Å². The Morgan fingerprint density at radius 3 is 2.03 bits per heavy atom. The Morgan fingerprint density at radius 1 is 0.781 bits per heavy atom. The average molecular weight is 465 g/mol. The Morgan fingerprint density at radius 2 is 1.41 bits per heavy atom. The summed E-state index contributed by atoms with van der Waals surface area (Å²) < 4.78 is 32.7. The molecule has 1 heterocycles. The molecular formula is C26H38F2N2OS. The van der Waals surface area contributed by atoms with Crippen molar-refractivity contribution in [3.05, 3.63) is 36.7 Å². The predicted molar refractivity (Wildman–Crippen MR) is 131 cm³/mol. The zero-order chi connectivity index (χ0) is 23.0. The fourth-order valence-corrected chi connectivity index (χ4v) is 4.21. The van der Waals surface area contributed by atoms with Gasteiger partial charge in [-0.2, -0.15) is 0 Å². The van der Waals surface area contributed by atoms with E-state index in [-0.39, 0.29) is 13.0 Å². The van der Waals surface area contributed by atoms with Gasteiger partial charge < -0.3 is 4.74 Å². The van der Waals surface area contributed by atoms with Gasteiger partial charge in [0.25, 0.3) is 0 Å². The molecule has 32 heavy (non-hydrogen) atoms. The van der Waals surface area contributed by atoms with E-state index in [2.05, 4.69) is 16.9 Å². The van der Waals surface area contributed by atoms with Crippen LogP contribution >= 0.6 is 11.8 Å². The number of thioether (sulfide) groups is 1. The van der Waals surface area contributed by atoms with Crippen molar-refractivity contribution in [2.24, 2.45) is 0 Å². The molecule has 3 nitrogen and oxygen atoms in total. The maximum absolute atomic E-state index is 13.7. The van der Waals surface area contributed by atoms with Gasteiger partial charge >= 0.3 is 0 Å². The smallest absolute Gasteiger partial charge is 0.187 e. The molecule has 0 amide bonds. The van der Waals surface area contributed by atoms with Gasteiger partial charge in [-0.15, -0.1) is 0 Å². The van der Waals surface area contributed by atoms with E-state index in [0.29, 0.717) is 12.2 Å². The highest BCUT2D eigenvalue weighted by molar-refractivity contribution is 7.99. The van der Waals surface area contributed by atoms with Crippen LogP contribution in [0.2, 0.25) is 0 Å². The highest BCUT2D eigenvalue weighted by Crippen LogP contribution is 2.24. The molecule has 0 aliphatic rings. The van der Waals surface area contributed by atoms with Gasteiger partial charge in [-0.05, 0) is 30.5 Å². The van der Waals surface area contributed by atoms with Crippen molar-refractivity contribution in [3.63, 3.8) is 0 Å². The van der Waals surface area contributed by atoms with Crippen LogP contribution in [-0.2, 0) is 0 Å². The molecule has 2 aromatic rings. The van der Waals surface area contributed by atoms with E-state index in [1.54, 1.807) is 23.9 Å². The summed E-state index contributed by atoms with van der Waals surface area (Å²) in [5.74, 6) is 1.58. The van der Waals surface area contributed by atoms with Crippen molar-refractivity contribution in [3.8, 4) is 16.9 Å². The van der Waals surface area contributed by atoms with Gasteiger partial charge in [0.15, 0.2) is 11.3 Å². The van der Waals surface area contributed by atoms with E-state index in [9.17, 15) is 8.78 Å². The largest absolute Gasteiger partial charge is 0.490 e. The first kappa shape index (κ1) is 26.6. The molecule has 2 atom stereocenters. The number of unbranched alkanes of at least 4 members (excludes halogenated alkanes) is 7. The summed E-state index contributed by atoms with van der Waals surface area (Å²) in [6, 6.07) is 7.29. The first-order valence-electron chi connectivity index (χ1n) is 12.1. The van der Waals surface area contributed by atoms with Crippen LogP contribution in [0.5, 0.6) is 5.75 Å². The van der Waals surface area contributed by atoms with Gasteiger partial charge in [0.05, 0.1) is 0 Å². The Kier molecular flexibility index (Phi) is 13.3. The van der Waals surface area contributed by atoms with Gasteiger partial charge in [-0.1, -0.05) is 89.1 Å². The molecule has 178 valence electrons. The molecule has 0 saturated carbocycles. The molecule has 0 saturated heterocycles. The summed E-state index contributed by atoms with van der Waals surface area (Å²) in [6.45, 7) is 3.82. The zero-order valence-corrected chi connectivity index (χ0v) is 20.4. The van der Waals surface area contributed by atoms with Gasteiger partial charge in [-0.25, -0.2) is 18.7 Å². The van der Waals surface area contributed by atoms with E-state index >= 15 is 0 Å². The number of halogens is 2. The summed E-state index contributed by atoms with van der Waals surface area (Å²) in [5, 5.41) is 0.804. The lowest BCUT2D eigenvalue weighted by Crippen LogP contribution is -2.24. The first-order valence-corrected chi connectivity index (χ1v) is 13.1. The number of hydrogen-bond donors (Lipinski definition) is 0. The average Bonchev–Trinajstić information content (AvgIpc) is 2.82. The number of hydrogen-bond acceptors (Lipinski definition) is 4. The molecular weight excluding hydrogens is 426 g/mol. The number of benzene rings is 1. The van der Waals surface area contributed by atoms with E-state index < -0.39 is 12.3 Å². The minimum atomic E-state index is -1.60. The Bertz CT molecular complexity index is 728. The van der Waals surface area contributed by atoms with Crippen molar-refractivity contribution < 1.29 is 13.5 Å². The van der Waals surface area contributed by atoms with Crippen LogP contribution in [0.15, 0.2) is 41.8 Å². The monoisotopic (exact) mass is 464 g/mol. The lowest BCUT2D eigenvalue weighted by molar-refractivity contribution is 0.103. The van der Waals surface area contributed by atoms with Crippen LogP contribution in [0, 0.1) is 0 Å². The molecule has 0 radical (unpaired) electrons. The quantitative estimate of drug-likeness (QED) is 0.134. The fourth-order valence-electron chi connectivity index (χ4n) is 3.42. The lowest BCUT2D eigenvalue weighted by atomic mass is 10.1. The van der Waals surface area contributed by atoms with Gasteiger partial charge in [0.1, 0.15) is 18.5 Å². The molecule has 1 aromatic carbocycles. The van der Waals surface area contributed by atoms with Crippen molar-refractivity contribution >= 4 is 11.8 Å². The van der Waals surface area contributed by atoms with E-state index in [1.165, 1.54) is 51.4 Å². The summed E-state index contributed by atoms with van der Waals surface area (Å²) in [6.07, 6.45) is 12.0. The summed E-state index contributed by atoms with van der Waals surface area (Å²) >= 11 is 1.71. The van der Waals surface area contributed by atoms with Crippen molar-refractivity contribution in [2.45, 2.75) is 95.6 Å². The van der Waals surface area contributed by atoms with Crippen LogP contribution < -0.4 is 4.74 Å². The predicted octanol–water partition coefficient (Wildman–Crippen LogP) is 8.23. The molecule has 0 aliphatic heterocycles. The minimum absolute atomic E-state index is 0.219. The van der Waals surface area contributed by atoms with Crippen LogP contribution in [-0.4, -0.2) is 34.7 Å². The first-order chi connectivity index (χ1) is 15.6. The Hall–Kier alpha value is -1.69. The Labute approximate surface area is 196 Å². The molecule has 6 heteroatoms. The molecule has 2 rings (SSSR count). The maximum Gasteiger partial charge on any atom is 0.187 e. The van der Waals surface area contributed by atoms with Crippen molar-refractivity contribution in [1.82, 2.24) is 9.97 Å². The SMILES string of the molecule is CCCCCCCCCCSc1ncc(-c2ccc(OC[C@H](F)[C@@H](F)CCC)cc2)cn1. The van der Waals surface area contributed by atoms with E-state index in [1.807, 2.05) is 31.5 Å². The molecule has 0 fully saturated rings. The standard InChI is InChI=1S/C26H38F2N2OS/c1-3-5-6-7-8-9-10-11-17-32-26-29-18-22(19-30-26)21-13-15-23(16-14-21)31-20-25(28)24(27)12-4-2/h13-16,18-19,24-25H,3-12,17,20H2,1-2H3/t24-,25-/m0/s1. The topological polar surface area (TPSA) is 35.0 Å². The summed E-state index contributed by atoms with van der Waals surface area (Å²) in [4.78, 5) is 8.94. The second kappa shape index (κ2) is 16.0. The summed E-state index contributed by atoms with van der Waals surface area (Å²) in [7, 11) is 0. The highest BCUT2D eigenvalue weighted by atomic mass is 32.2. The molecule has 1 aromatic heterocycles. The van der Waals surface area contributed by atoms with Crippen LogP contribution in [0.4, 0.5) is 8.78 Å². The highest BCUT2D eigenvalue weighted by Gasteiger charge is 2.20. The fraction of sp³-hybridized carbons (Fsp3) is 0.615. The third-order valence-corrected chi connectivity index (χ3v) is 6.37. The molecule has 0 unspecified atom stereocenters. The third kappa shape index (κ3) is 10.3. The van der Waals surface area contributed by atoms with Crippen LogP contribution in [0.3, 0.4) is 0 Å². The summed E-state index contributed by atoms with van der Waals surface area (Å²) in [5.41, 5.74) is 1.88. The van der Waals surface area contributed by atoms with Gasteiger partial charge in [0.2, 0.25) is 0 Å². The number of ether oxygens (including phenoxy) is 1. The molecule has 0 N–H and O–H groups in total. The zero-order valence-electron chi connectivity index (χ0n) is 19.6. The second-order valence-electron chi connectivity index (χ2n) is 8.23. The number of rotatable bonds is 17. The minimum Gasteiger partial charge on any atom is -0.490 e. The lowest BCUT2D eigenvalue weighted by Gasteiger charge is -2.14. The molecule has 0 aliphatic carbocycles. The van der Waals surface area contributed by atoms with Gasteiger partial charge in [0, 0.05) is 23.7 Å². The number of aromatic nitrogens is 2. The maximum atomic E-state index is 13.7. The normalized spacial score (nSPS) is 13.1. The Balaban J connectivity index is 1.69. The molecule has 0 spiro atoms. The molecule has 0 bridgehead atoms. The van der Waals surface area contributed by atoms with E-state index in [0.717, 1.165) is 22.0 Å². The number of nitrogens with zero attached hydrogens (tertiary/aromatic N) is 2. The van der Waals surface area contributed by atoms with E-state index in [4.69, 9.17) is 4.74 Å².